The number of halogens is 1. The molecule has 1 aromatic rings. The molecule has 1 aromatic carbocycles. The fourth-order valence-electron chi connectivity index (χ4n) is 2.84. The second-order valence-electron chi connectivity index (χ2n) is 5.07. The highest BCUT2D eigenvalue weighted by atomic mass is 35.5. The maximum absolute atomic E-state index is 5.92. The van der Waals surface area contributed by atoms with Gasteiger partial charge in [0, 0.05) is 5.02 Å². The van der Waals surface area contributed by atoms with Gasteiger partial charge in [0.2, 0.25) is 0 Å². The van der Waals surface area contributed by atoms with E-state index in [2.05, 4.69) is 19.1 Å². The summed E-state index contributed by atoms with van der Waals surface area (Å²) in [5.74, 6) is 2.10. The number of rotatable bonds is 2. The molecule has 0 aromatic heterocycles. The predicted molar refractivity (Wildman–Crippen MR) is 69.8 cm³/mol. The second kappa shape index (κ2) is 5.20. The molecule has 1 saturated carbocycles. The van der Waals surface area contributed by atoms with Crippen LogP contribution >= 0.6 is 11.6 Å². The topological polar surface area (TPSA) is 26.0 Å². The average Bonchev–Trinajstić information content (AvgIpc) is 2.30. The van der Waals surface area contributed by atoms with Crippen molar-refractivity contribution in [3.05, 3.63) is 34.9 Å². The number of nitrogens with two attached hydrogens (primary N) is 1. The smallest absolute Gasteiger partial charge is 0.0406 e. The summed E-state index contributed by atoms with van der Waals surface area (Å²) in [6.45, 7) is 3.15. The minimum absolute atomic E-state index is 0.631. The molecule has 0 bridgehead atoms. The molecular weight excluding hydrogens is 218 g/mol. The van der Waals surface area contributed by atoms with E-state index in [1.165, 1.54) is 24.8 Å². The highest BCUT2D eigenvalue weighted by molar-refractivity contribution is 6.30. The summed E-state index contributed by atoms with van der Waals surface area (Å²) in [5, 5.41) is 0.817. The van der Waals surface area contributed by atoms with E-state index >= 15 is 0 Å². The van der Waals surface area contributed by atoms with Gasteiger partial charge in [-0.15, -0.1) is 0 Å². The molecule has 1 aliphatic rings. The minimum Gasteiger partial charge on any atom is -0.330 e. The molecule has 0 radical (unpaired) electrons. The SMILES string of the molecule is CC1CCC(CN)C(c2ccc(Cl)cc2)C1. The third-order valence-electron chi connectivity index (χ3n) is 3.86. The van der Waals surface area contributed by atoms with Crippen LogP contribution in [0.5, 0.6) is 0 Å². The molecule has 88 valence electrons. The molecule has 3 atom stereocenters. The van der Waals surface area contributed by atoms with Gasteiger partial charge in [0.1, 0.15) is 0 Å². The highest BCUT2D eigenvalue weighted by Gasteiger charge is 2.28. The Kier molecular flexibility index (Phi) is 3.88. The van der Waals surface area contributed by atoms with Gasteiger partial charge in [-0.05, 0) is 54.8 Å². The van der Waals surface area contributed by atoms with Crippen molar-refractivity contribution in [3.8, 4) is 0 Å². The van der Waals surface area contributed by atoms with Crippen LogP contribution in [0.1, 0.15) is 37.7 Å². The van der Waals surface area contributed by atoms with Crippen LogP contribution in [0.15, 0.2) is 24.3 Å². The van der Waals surface area contributed by atoms with Crippen molar-refractivity contribution in [2.45, 2.75) is 32.1 Å². The van der Waals surface area contributed by atoms with Crippen molar-refractivity contribution in [1.82, 2.24) is 0 Å². The van der Waals surface area contributed by atoms with Crippen LogP contribution in [0.25, 0.3) is 0 Å². The van der Waals surface area contributed by atoms with Gasteiger partial charge in [0.25, 0.3) is 0 Å². The second-order valence-corrected chi connectivity index (χ2v) is 5.51. The largest absolute Gasteiger partial charge is 0.330 e. The van der Waals surface area contributed by atoms with Crippen LogP contribution in [-0.4, -0.2) is 6.54 Å². The van der Waals surface area contributed by atoms with Crippen LogP contribution in [0.2, 0.25) is 5.02 Å². The standard InChI is InChI=1S/C14H20ClN/c1-10-2-3-12(9-16)14(8-10)11-4-6-13(15)7-5-11/h4-7,10,12,14H,2-3,8-9,16H2,1H3. The van der Waals surface area contributed by atoms with Gasteiger partial charge in [-0.25, -0.2) is 0 Å². The summed E-state index contributed by atoms with van der Waals surface area (Å²) >= 11 is 5.92. The summed E-state index contributed by atoms with van der Waals surface area (Å²) in [4.78, 5) is 0. The van der Waals surface area contributed by atoms with E-state index in [4.69, 9.17) is 17.3 Å². The summed E-state index contributed by atoms with van der Waals surface area (Å²) in [7, 11) is 0. The fourth-order valence-corrected chi connectivity index (χ4v) is 2.97. The molecule has 3 unspecified atom stereocenters. The van der Waals surface area contributed by atoms with Gasteiger partial charge in [0.05, 0.1) is 0 Å². The first-order valence-corrected chi connectivity index (χ1v) is 6.54. The molecule has 2 heteroatoms. The zero-order valence-electron chi connectivity index (χ0n) is 9.83. The number of benzene rings is 1. The van der Waals surface area contributed by atoms with Crippen molar-refractivity contribution in [2.75, 3.05) is 6.54 Å². The van der Waals surface area contributed by atoms with E-state index in [1.54, 1.807) is 0 Å². The summed E-state index contributed by atoms with van der Waals surface area (Å²) < 4.78 is 0. The first-order valence-electron chi connectivity index (χ1n) is 6.16. The summed E-state index contributed by atoms with van der Waals surface area (Å²) in [5.41, 5.74) is 7.29. The van der Waals surface area contributed by atoms with Gasteiger partial charge in [0.15, 0.2) is 0 Å². The Morgan fingerprint density at radius 2 is 1.94 bits per heavy atom. The Bertz CT molecular complexity index is 333. The van der Waals surface area contributed by atoms with E-state index in [0.29, 0.717) is 11.8 Å². The number of hydrogen-bond donors (Lipinski definition) is 1. The van der Waals surface area contributed by atoms with E-state index in [0.717, 1.165) is 17.5 Å². The van der Waals surface area contributed by atoms with Crippen LogP contribution < -0.4 is 5.73 Å². The first kappa shape index (κ1) is 11.9. The molecule has 1 fully saturated rings. The van der Waals surface area contributed by atoms with Crippen molar-refractivity contribution in [2.24, 2.45) is 17.6 Å². The zero-order chi connectivity index (χ0) is 11.5. The monoisotopic (exact) mass is 237 g/mol. The molecule has 2 rings (SSSR count). The zero-order valence-corrected chi connectivity index (χ0v) is 10.6. The van der Waals surface area contributed by atoms with E-state index in [-0.39, 0.29) is 0 Å². The Hall–Kier alpha value is -0.530. The Labute approximate surface area is 103 Å². The molecule has 0 aliphatic heterocycles. The summed E-state index contributed by atoms with van der Waals surface area (Å²) in [6, 6.07) is 8.30. The lowest BCUT2D eigenvalue weighted by atomic mass is 9.72. The average molecular weight is 238 g/mol. The minimum atomic E-state index is 0.631. The number of hydrogen-bond acceptors (Lipinski definition) is 1. The van der Waals surface area contributed by atoms with Gasteiger partial charge in [-0.1, -0.05) is 37.1 Å². The lowest BCUT2D eigenvalue weighted by molar-refractivity contribution is 0.254. The normalized spacial score (nSPS) is 30.3. The van der Waals surface area contributed by atoms with Crippen molar-refractivity contribution in [3.63, 3.8) is 0 Å². The van der Waals surface area contributed by atoms with Gasteiger partial charge in [-0.3, -0.25) is 0 Å². The van der Waals surface area contributed by atoms with E-state index in [9.17, 15) is 0 Å². The molecular formula is C14H20ClN. The maximum atomic E-state index is 5.92. The maximum Gasteiger partial charge on any atom is 0.0406 e. The molecule has 0 amide bonds. The van der Waals surface area contributed by atoms with E-state index < -0.39 is 0 Å². The molecule has 0 spiro atoms. The molecule has 16 heavy (non-hydrogen) atoms. The van der Waals surface area contributed by atoms with Gasteiger partial charge in [-0.2, -0.15) is 0 Å². The quantitative estimate of drug-likeness (QED) is 0.832. The third-order valence-corrected chi connectivity index (χ3v) is 4.11. The van der Waals surface area contributed by atoms with Gasteiger partial charge < -0.3 is 5.73 Å². The molecule has 1 aliphatic carbocycles. The van der Waals surface area contributed by atoms with Crippen LogP contribution in [-0.2, 0) is 0 Å². The lowest BCUT2D eigenvalue weighted by Gasteiger charge is -2.34. The van der Waals surface area contributed by atoms with Crippen LogP contribution in [0.4, 0.5) is 0 Å². The van der Waals surface area contributed by atoms with Crippen molar-refractivity contribution in [1.29, 1.82) is 0 Å². The fraction of sp³-hybridized carbons (Fsp3) is 0.571. The highest BCUT2D eigenvalue weighted by Crippen LogP contribution is 2.40. The Morgan fingerprint density at radius 1 is 1.25 bits per heavy atom. The molecule has 0 saturated heterocycles. The first-order chi connectivity index (χ1) is 7.70. The molecule has 2 N–H and O–H groups in total. The summed E-state index contributed by atoms with van der Waals surface area (Å²) in [6.07, 6.45) is 3.86. The van der Waals surface area contributed by atoms with Crippen molar-refractivity contribution < 1.29 is 0 Å². The van der Waals surface area contributed by atoms with Crippen LogP contribution in [0.3, 0.4) is 0 Å². The third kappa shape index (κ3) is 2.58. The molecule has 1 nitrogen and oxygen atoms in total. The van der Waals surface area contributed by atoms with Crippen LogP contribution in [0, 0.1) is 11.8 Å². The Morgan fingerprint density at radius 3 is 2.56 bits per heavy atom. The predicted octanol–water partition coefficient (Wildman–Crippen LogP) is 3.82. The Balaban J connectivity index is 2.18. The van der Waals surface area contributed by atoms with E-state index in [1.807, 2.05) is 12.1 Å². The molecule has 0 heterocycles. The lowest BCUT2D eigenvalue weighted by Crippen LogP contribution is -2.28. The van der Waals surface area contributed by atoms with Gasteiger partial charge >= 0.3 is 0 Å². The van der Waals surface area contributed by atoms with Crippen molar-refractivity contribution >= 4 is 11.6 Å².